The summed E-state index contributed by atoms with van der Waals surface area (Å²) in [4.78, 5) is 17.6. The van der Waals surface area contributed by atoms with Gasteiger partial charge in [-0.05, 0) is 54.6 Å². The second-order valence-electron chi connectivity index (χ2n) is 7.68. The van der Waals surface area contributed by atoms with Crippen molar-refractivity contribution in [1.82, 2.24) is 4.98 Å². The van der Waals surface area contributed by atoms with E-state index in [0.717, 1.165) is 5.56 Å². The number of methoxy groups -OCH3 is 1. The van der Waals surface area contributed by atoms with Crippen LogP contribution in [0.25, 0.3) is 11.3 Å². The predicted octanol–water partition coefficient (Wildman–Crippen LogP) is 4.64. The number of amides is 1. The van der Waals surface area contributed by atoms with Gasteiger partial charge in [0.2, 0.25) is 0 Å². The number of sulfonamides is 1. The van der Waals surface area contributed by atoms with Crippen LogP contribution in [0, 0.1) is 0 Å². The average Bonchev–Trinajstić information content (AvgIpc) is 3.37. The predicted molar refractivity (Wildman–Crippen MR) is 137 cm³/mol. The van der Waals surface area contributed by atoms with Crippen molar-refractivity contribution >= 4 is 38.1 Å². The molecule has 2 N–H and O–H groups in total. The zero-order valence-corrected chi connectivity index (χ0v) is 20.7. The van der Waals surface area contributed by atoms with Gasteiger partial charge in [-0.25, -0.2) is 13.4 Å². The number of hydrogen-bond acceptors (Lipinski definition) is 8. The summed E-state index contributed by atoms with van der Waals surface area (Å²) in [5.41, 5.74) is 1.80. The monoisotopic (exact) mass is 523 g/mol. The first-order valence-electron chi connectivity index (χ1n) is 10.9. The number of nitrogens with zero attached hydrogens (tertiary/aromatic N) is 1. The maximum Gasteiger partial charge on any atom is 0.261 e. The Hall–Kier alpha value is -4.09. The smallest absolute Gasteiger partial charge is 0.261 e. The van der Waals surface area contributed by atoms with E-state index < -0.39 is 15.9 Å². The number of anilines is 2. The summed E-state index contributed by atoms with van der Waals surface area (Å²) in [7, 11) is -2.43. The number of para-hydroxylation sites is 1. The first-order chi connectivity index (χ1) is 17.4. The van der Waals surface area contributed by atoms with Crippen LogP contribution in [0.2, 0.25) is 0 Å². The molecule has 9 nitrogen and oxygen atoms in total. The molecule has 1 aromatic heterocycles. The van der Waals surface area contributed by atoms with Gasteiger partial charge < -0.3 is 14.2 Å². The van der Waals surface area contributed by atoms with Gasteiger partial charge in [0.15, 0.2) is 16.6 Å². The molecule has 0 spiro atoms. The van der Waals surface area contributed by atoms with Gasteiger partial charge in [-0.2, -0.15) is 0 Å². The van der Waals surface area contributed by atoms with Crippen molar-refractivity contribution in [3.63, 3.8) is 0 Å². The van der Waals surface area contributed by atoms with Crippen LogP contribution in [-0.4, -0.2) is 39.6 Å². The highest BCUT2D eigenvalue weighted by Crippen LogP contribution is 2.35. The highest BCUT2D eigenvalue weighted by atomic mass is 32.2. The number of ether oxygens (including phenoxy) is 3. The van der Waals surface area contributed by atoms with Crippen LogP contribution in [-0.2, 0) is 10.0 Å². The molecule has 0 fully saturated rings. The normalized spacial score (nSPS) is 12.6. The van der Waals surface area contributed by atoms with Crippen LogP contribution >= 0.6 is 11.3 Å². The van der Waals surface area contributed by atoms with Crippen LogP contribution in [0.4, 0.5) is 10.8 Å². The molecule has 36 heavy (non-hydrogen) atoms. The minimum absolute atomic E-state index is 0.0440. The van der Waals surface area contributed by atoms with E-state index in [9.17, 15) is 13.2 Å². The number of rotatable bonds is 7. The molecule has 1 aliphatic heterocycles. The molecule has 4 aromatic rings. The molecule has 0 saturated carbocycles. The lowest BCUT2D eigenvalue weighted by Crippen LogP contribution is -2.18. The Morgan fingerprint density at radius 1 is 1.00 bits per heavy atom. The van der Waals surface area contributed by atoms with Crippen LogP contribution in [0.3, 0.4) is 0 Å². The van der Waals surface area contributed by atoms with Crippen LogP contribution < -0.4 is 24.2 Å². The van der Waals surface area contributed by atoms with E-state index in [1.165, 1.54) is 42.7 Å². The van der Waals surface area contributed by atoms with Gasteiger partial charge in [-0.1, -0.05) is 12.1 Å². The Morgan fingerprint density at radius 2 is 1.75 bits per heavy atom. The third-order valence-electron chi connectivity index (χ3n) is 5.35. The SMILES string of the molecule is COc1ccc(S(=O)(=O)Nc2ccccc2C(=O)Nc2nc(-c3ccc4c(c3)OCCO4)cs2)cc1. The van der Waals surface area contributed by atoms with Crippen molar-refractivity contribution in [2.24, 2.45) is 0 Å². The lowest BCUT2D eigenvalue weighted by atomic mass is 10.1. The second kappa shape index (κ2) is 9.88. The summed E-state index contributed by atoms with van der Waals surface area (Å²) < 4.78 is 44.5. The number of thiazole rings is 1. The highest BCUT2D eigenvalue weighted by molar-refractivity contribution is 7.92. The molecule has 11 heteroatoms. The maximum atomic E-state index is 13.0. The lowest BCUT2D eigenvalue weighted by molar-refractivity contribution is 0.102. The first kappa shape index (κ1) is 23.6. The van der Waals surface area contributed by atoms with Crippen LogP contribution in [0.15, 0.2) is 77.0 Å². The largest absolute Gasteiger partial charge is 0.497 e. The first-order valence-corrected chi connectivity index (χ1v) is 13.2. The van der Waals surface area contributed by atoms with Gasteiger partial charge in [-0.15, -0.1) is 11.3 Å². The van der Waals surface area contributed by atoms with Gasteiger partial charge in [0, 0.05) is 10.9 Å². The number of aromatic nitrogens is 1. The van der Waals surface area contributed by atoms with Crippen LogP contribution in [0.5, 0.6) is 17.2 Å². The van der Waals surface area contributed by atoms with E-state index in [0.29, 0.717) is 41.3 Å². The van der Waals surface area contributed by atoms with Gasteiger partial charge in [0.05, 0.1) is 29.0 Å². The molecule has 0 bridgehead atoms. The molecular weight excluding hydrogens is 502 g/mol. The summed E-state index contributed by atoms with van der Waals surface area (Å²) in [6, 6.07) is 17.9. The van der Waals surface area contributed by atoms with Crippen molar-refractivity contribution in [1.29, 1.82) is 0 Å². The summed E-state index contributed by atoms with van der Waals surface area (Å²) >= 11 is 1.26. The Balaban J connectivity index is 1.33. The fourth-order valence-electron chi connectivity index (χ4n) is 3.56. The van der Waals surface area contributed by atoms with Gasteiger partial charge in [0.25, 0.3) is 15.9 Å². The fraction of sp³-hybridized carbons (Fsp3) is 0.120. The molecule has 3 aromatic carbocycles. The molecule has 5 rings (SSSR count). The molecule has 0 radical (unpaired) electrons. The summed E-state index contributed by atoms with van der Waals surface area (Å²) in [6.45, 7) is 0.993. The van der Waals surface area contributed by atoms with E-state index in [-0.39, 0.29) is 16.1 Å². The number of nitrogens with one attached hydrogen (secondary N) is 2. The average molecular weight is 524 g/mol. The second-order valence-corrected chi connectivity index (χ2v) is 10.2. The quantitative estimate of drug-likeness (QED) is 0.362. The Bertz CT molecular complexity index is 1520. The molecule has 0 unspecified atom stereocenters. The number of fused-ring (bicyclic) bond motifs is 1. The summed E-state index contributed by atoms with van der Waals surface area (Å²) in [5, 5.41) is 4.94. The van der Waals surface area contributed by atoms with E-state index in [2.05, 4.69) is 15.0 Å². The molecular formula is C25H21N3O6S2. The molecule has 184 valence electrons. The van der Waals surface area contributed by atoms with Crippen molar-refractivity contribution in [3.8, 4) is 28.5 Å². The minimum atomic E-state index is -3.93. The maximum absolute atomic E-state index is 13.0. The molecule has 0 saturated heterocycles. The van der Waals surface area contributed by atoms with Crippen molar-refractivity contribution < 1.29 is 27.4 Å². The number of carbonyl (C=O) groups is 1. The molecule has 0 aliphatic carbocycles. The summed E-state index contributed by atoms with van der Waals surface area (Å²) in [6.07, 6.45) is 0. The zero-order valence-electron chi connectivity index (χ0n) is 19.1. The molecule has 2 heterocycles. The molecule has 0 atom stereocenters. The fourth-order valence-corrected chi connectivity index (χ4v) is 5.35. The summed E-state index contributed by atoms with van der Waals surface area (Å²) in [5.74, 6) is 1.37. The topological polar surface area (TPSA) is 116 Å². The van der Waals surface area contributed by atoms with Gasteiger partial charge in [0.1, 0.15) is 19.0 Å². The van der Waals surface area contributed by atoms with E-state index in [1.54, 1.807) is 24.3 Å². The number of benzene rings is 3. The van der Waals surface area contributed by atoms with Crippen molar-refractivity contribution in [2.45, 2.75) is 4.90 Å². The van der Waals surface area contributed by atoms with Crippen molar-refractivity contribution in [3.05, 3.63) is 77.7 Å². The Morgan fingerprint density at radius 3 is 2.53 bits per heavy atom. The lowest BCUT2D eigenvalue weighted by Gasteiger charge is -2.18. The van der Waals surface area contributed by atoms with E-state index in [1.807, 2.05) is 23.6 Å². The molecule has 1 amide bonds. The highest BCUT2D eigenvalue weighted by Gasteiger charge is 2.20. The molecule has 1 aliphatic rings. The third kappa shape index (κ3) is 4.97. The zero-order chi connectivity index (χ0) is 25.1. The van der Waals surface area contributed by atoms with Gasteiger partial charge in [-0.3, -0.25) is 14.8 Å². The Kier molecular flexibility index (Phi) is 6.49. The van der Waals surface area contributed by atoms with E-state index >= 15 is 0 Å². The number of hydrogen-bond donors (Lipinski definition) is 2. The van der Waals surface area contributed by atoms with Crippen molar-refractivity contribution in [2.75, 3.05) is 30.4 Å². The van der Waals surface area contributed by atoms with Gasteiger partial charge >= 0.3 is 0 Å². The van der Waals surface area contributed by atoms with E-state index in [4.69, 9.17) is 14.2 Å². The Labute approximate surface area is 211 Å². The minimum Gasteiger partial charge on any atom is -0.497 e. The standard InChI is InChI=1S/C25H21N3O6S2/c1-32-17-7-9-18(10-8-17)36(30,31)28-20-5-3-2-4-19(20)24(29)27-25-26-21(15-35-25)16-6-11-22-23(14-16)34-13-12-33-22/h2-11,14-15,28H,12-13H2,1H3,(H,26,27,29). The third-order valence-corrected chi connectivity index (χ3v) is 7.49. The van der Waals surface area contributed by atoms with Crippen LogP contribution in [0.1, 0.15) is 10.4 Å². The number of carbonyl (C=O) groups excluding carboxylic acids is 1.